The highest BCUT2D eigenvalue weighted by Crippen LogP contribution is 2.29. The van der Waals surface area contributed by atoms with Crippen molar-refractivity contribution in [2.75, 3.05) is 11.0 Å². The maximum atomic E-state index is 12.5. The standard InChI is InChI=1S/C13H13N3O5S3/c1-7-12(8(2)21-15-7)24(19,20)16-9-4-5-10-11(6-9)22-13(14-10)23(3,17)18/h4-6,16H,1-3H3. The maximum absolute atomic E-state index is 12.5. The summed E-state index contributed by atoms with van der Waals surface area (Å²) in [5, 5.41) is 3.64. The number of nitrogens with one attached hydrogen (secondary N) is 1. The first-order chi connectivity index (χ1) is 11.1. The summed E-state index contributed by atoms with van der Waals surface area (Å²) in [6.45, 7) is 3.05. The molecular weight excluding hydrogens is 374 g/mol. The molecule has 0 saturated heterocycles. The van der Waals surface area contributed by atoms with E-state index in [4.69, 9.17) is 4.52 Å². The van der Waals surface area contributed by atoms with Crippen molar-refractivity contribution in [1.29, 1.82) is 0 Å². The fourth-order valence-electron chi connectivity index (χ4n) is 2.19. The molecule has 0 spiro atoms. The molecule has 24 heavy (non-hydrogen) atoms. The molecule has 0 amide bonds. The van der Waals surface area contributed by atoms with E-state index in [9.17, 15) is 16.8 Å². The van der Waals surface area contributed by atoms with Crippen molar-refractivity contribution in [3.05, 3.63) is 29.7 Å². The minimum Gasteiger partial charge on any atom is -0.360 e. The Hall–Kier alpha value is -1.98. The Morgan fingerprint density at radius 2 is 1.88 bits per heavy atom. The molecule has 0 saturated carbocycles. The van der Waals surface area contributed by atoms with E-state index in [-0.39, 0.29) is 20.7 Å². The van der Waals surface area contributed by atoms with Crippen LogP contribution < -0.4 is 4.72 Å². The first-order valence-corrected chi connectivity index (χ1v) is 10.8. The molecule has 0 unspecified atom stereocenters. The quantitative estimate of drug-likeness (QED) is 0.728. The van der Waals surface area contributed by atoms with Crippen LogP contribution in [0.25, 0.3) is 10.2 Å². The predicted molar refractivity (Wildman–Crippen MR) is 89.5 cm³/mol. The summed E-state index contributed by atoms with van der Waals surface area (Å²) < 4.78 is 56.0. The van der Waals surface area contributed by atoms with Crippen LogP contribution in [-0.4, -0.2) is 33.2 Å². The molecular formula is C13H13N3O5S3. The summed E-state index contributed by atoms with van der Waals surface area (Å²) in [6, 6.07) is 4.62. The van der Waals surface area contributed by atoms with E-state index in [0.717, 1.165) is 17.6 Å². The van der Waals surface area contributed by atoms with Crippen LogP contribution in [0.4, 0.5) is 5.69 Å². The van der Waals surface area contributed by atoms with Gasteiger partial charge in [-0.1, -0.05) is 5.16 Å². The third-order valence-electron chi connectivity index (χ3n) is 3.17. The topological polar surface area (TPSA) is 119 Å². The highest BCUT2D eigenvalue weighted by atomic mass is 32.2. The number of nitrogens with zero attached hydrogens (tertiary/aromatic N) is 2. The summed E-state index contributed by atoms with van der Waals surface area (Å²) in [6.07, 6.45) is 1.08. The molecule has 8 nitrogen and oxygen atoms in total. The van der Waals surface area contributed by atoms with Gasteiger partial charge in [-0.15, -0.1) is 11.3 Å². The van der Waals surface area contributed by atoms with Gasteiger partial charge in [0.1, 0.15) is 5.69 Å². The Labute approximate surface area is 142 Å². The summed E-state index contributed by atoms with van der Waals surface area (Å²) >= 11 is 0.983. The number of aryl methyl sites for hydroxylation is 2. The lowest BCUT2D eigenvalue weighted by atomic mass is 10.3. The molecule has 2 aromatic heterocycles. The maximum Gasteiger partial charge on any atom is 0.267 e. The van der Waals surface area contributed by atoms with Crippen molar-refractivity contribution in [2.24, 2.45) is 0 Å². The molecule has 0 radical (unpaired) electrons. The normalized spacial score (nSPS) is 12.6. The minimum atomic E-state index is -3.86. The molecule has 1 aromatic carbocycles. The first-order valence-electron chi connectivity index (χ1n) is 6.64. The SMILES string of the molecule is Cc1noc(C)c1S(=O)(=O)Nc1ccc2nc(S(C)(=O)=O)sc2c1. The number of sulfone groups is 1. The molecule has 11 heteroatoms. The molecule has 0 atom stereocenters. The Morgan fingerprint density at radius 3 is 2.46 bits per heavy atom. The smallest absolute Gasteiger partial charge is 0.267 e. The third kappa shape index (κ3) is 3.01. The zero-order chi connectivity index (χ0) is 17.7. The van der Waals surface area contributed by atoms with E-state index < -0.39 is 19.9 Å². The van der Waals surface area contributed by atoms with Crippen molar-refractivity contribution in [2.45, 2.75) is 23.1 Å². The molecule has 1 N–H and O–H groups in total. The number of rotatable bonds is 4. The lowest BCUT2D eigenvalue weighted by Gasteiger charge is -2.07. The number of hydrogen-bond donors (Lipinski definition) is 1. The van der Waals surface area contributed by atoms with Gasteiger partial charge in [-0.05, 0) is 32.0 Å². The fraction of sp³-hybridized carbons (Fsp3) is 0.231. The average molecular weight is 387 g/mol. The van der Waals surface area contributed by atoms with Crippen LogP contribution in [0.2, 0.25) is 0 Å². The van der Waals surface area contributed by atoms with E-state index in [1.54, 1.807) is 6.07 Å². The number of aromatic nitrogens is 2. The number of fused-ring (bicyclic) bond motifs is 1. The van der Waals surface area contributed by atoms with Crippen molar-refractivity contribution >= 4 is 47.1 Å². The highest BCUT2D eigenvalue weighted by Gasteiger charge is 2.24. The van der Waals surface area contributed by atoms with Crippen LogP contribution in [0, 0.1) is 13.8 Å². The Balaban J connectivity index is 2.02. The second-order valence-corrected chi connectivity index (χ2v) is 10.0. The molecule has 0 bridgehead atoms. The summed E-state index contributed by atoms with van der Waals surface area (Å²) in [4.78, 5) is 4.02. The second-order valence-electron chi connectivity index (χ2n) is 5.19. The van der Waals surface area contributed by atoms with E-state index in [0.29, 0.717) is 15.9 Å². The lowest BCUT2D eigenvalue weighted by Crippen LogP contribution is -2.14. The van der Waals surface area contributed by atoms with Gasteiger partial charge in [-0.3, -0.25) is 4.72 Å². The van der Waals surface area contributed by atoms with Crippen LogP contribution in [0.1, 0.15) is 11.5 Å². The Morgan fingerprint density at radius 1 is 1.17 bits per heavy atom. The Kier molecular flexibility index (Phi) is 3.89. The van der Waals surface area contributed by atoms with Gasteiger partial charge in [0.25, 0.3) is 10.0 Å². The molecule has 0 aliphatic carbocycles. The number of thiazole rings is 1. The van der Waals surface area contributed by atoms with Crippen molar-refractivity contribution in [3.63, 3.8) is 0 Å². The molecule has 0 fully saturated rings. The van der Waals surface area contributed by atoms with Crippen molar-refractivity contribution in [1.82, 2.24) is 10.1 Å². The predicted octanol–water partition coefficient (Wildman–Crippen LogP) is 2.11. The summed E-state index contributed by atoms with van der Waals surface area (Å²) in [5.74, 6) is 0.193. The number of sulfonamides is 1. The largest absolute Gasteiger partial charge is 0.360 e. The van der Waals surface area contributed by atoms with Crippen LogP contribution >= 0.6 is 11.3 Å². The summed E-state index contributed by atoms with van der Waals surface area (Å²) in [5.41, 5.74) is 1.05. The summed E-state index contributed by atoms with van der Waals surface area (Å²) in [7, 11) is -7.27. The van der Waals surface area contributed by atoms with E-state index in [2.05, 4.69) is 14.9 Å². The van der Waals surface area contributed by atoms with Crippen LogP contribution in [0.15, 0.2) is 32.0 Å². The fourth-order valence-corrected chi connectivity index (χ4v) is 5.45. The van der Waals surface area contributed by atoms with Gasteiger partial charge in [-0.25, -0.2) is 21.8 Å². The molecule has 0 aliphatic heterocycles. The van der Waals surface area contributed by atoms with Crippen LogP contribution in [0.3, 0.4) is 0 Å². The second kappa shape index (κ2) is 5.53. The average Bonchev–Trinajstić information content (AvgIpc) is 3.01. The van der Waals surface area contributed by atoms with Gasteiger partial charge in [-0.2, -0.15) is 0 Å². The zero-order valence-corrected chi connectivity index (χ0v) is 15.3. The van der Waals surface area contributed by atoms with Gasteiger partial charge in [0.15, 0.2) is 10.7 Å². The van der Waals surface area contributed by atoms with Gasteiger partial charge >= 0.3 is 0 Å². The Bertz CT molecular complexity index is 1120. The minimum absolute atomic E-state index is 0.0104. The van der Waals surface area contributed by atoms with E-state index in [1.165, 1.54) is 26.0 Å². The monoisotopic (exact) mass is 387 g/mol. The van der Waals surface area contributed by atoms with E-state index in [1.807, 2.05) is 0 Å². The molecule has 3 rings (SSSR count). The third-order valence-corrected chi connectivity index (χ3v) is 7.50. The molecule has 128 valence electrons. The molecule has 0 aliphatic rings. The zero-order valence-electron chi connectivity index (χ0n) is 12.9. The molecule has 2 heterocycles. The van der Waals surface area contributed by atoms with E-state index >= 15 is 0 Å². The van der Waals surface area contributed by atoms with Gasteiger partial charge < -0.3 is 4.52 Å². The first kappa shape index (κ1) is 16.9. The number of anilines is 1. The van der Waals surface area contributed by atoms with Crippen molar-refractivity contribution < 1.29 is 21.4 Å². The number of benzene rings is 1. The van der Waals surface area contributed by atoms with Gasteiger partial charge in [0.2, 0.25) is 14.2 Å². The highest BCUT2D eigenvalue weighted by molar-refractivity contribution is 7.93. The van der Waals surface area contributed by atoms with Gasteiger partial charge in [0, 0.05) is 6.26 Å². The van der Waals surface area contributed by atoms with Gasteiger partial charge in [0.05, 0.1) is 15.9 Å². The molecule has 3 aromatic rings. The number of hydrogen-bond acceptors (Lipinski definition) is 8. The lowest BCUT2D eigenvalue weighted by molar-refractivity contribution is 0.390. The van der Waals surface area contributed by atoms with Crippen molar-refractivity contribution in [3.8, 4) is 0 Å². The van der Waals surface area contributed by atoms with Crippen LogP contribution in [-0.2, 0) is 19.9 Å². The van der Waals surface area contributed by atoms with Crippen LogP contribution in [0.5, 0.6) is 0 Å².